The summed E-state index contributed by atoms with van der Waals surface area (Å²) in [7, 11) is 0. The van der Waals surface area contributed by atoms with Gasteiger partial charge in [-0.25, -0.2) is 18.2 Å². The Kier molecular flexibility index (Phi) is 52.8. The quantitative estimate of drug-likeness (QED) is 0.0751. The number of halogens is 3. The average molecular weight is 1690 g/mol. The van der Waals surface area contributed by atoms with Crippen molar-refractivity contribution in [2.45, 2.75) is 395 Å². The van der Waals surface area contributed by atoms with Gasteiger partial charge in [0.1, 0.15) is 17.5 Å². The van der Waals surface area contributed by atoms with Gasteiger partial charge >= 0.3 is 0 Å². The van der Waals surface area contributed by atoms with E-state index >= 15 is 0 Å². The van der Waals surface area contributed by atoms with E-state index in [4.69, 9.17) is 0 Å². The Balaban J connectivity index is 0.000000678. The first-order chi connectivity index (χ1) is 57.0. The van der Waals surface area contributed by atoms with Crippen molar-refractivity contribution in [2.24, 2.45) is 0 Å². The fourth-order valence-corrected chi connectivity index (χ4v) is 15.4. The zero-order valence-corrected chi connectivity index (χ0v) is 84.7. The summed E-state index contributed by atoms with van der Waals surface area (Å²) >= 11 is 1.77. The highest BCUT2D eigenvalue weighted by atomic mass is 32.1. The number of benzene rings is 4. The van der Waals surface area contributed by atoms with E-state index in [9.17, 15) is 13.2 Å². The van der Waals surface area contributed by atoms with E-state index in [1.807, 2.05) is 86.9 Å². The number of nitrogens with zero attached hydrogens (tertiary/aromatic N) is 7. The largest absolute Gasteiger partial charge is 0.264 e. The van der Waals surface area contributed by atoms with E-state index in [0.29, 0.717) is 112 Å². The molecular formula is C111H168F3N7S. The minimum atomic E-state index is -0.131. The maximum Gasteiger partial charge on any atom is 0.126 e. The Morgan fingerprint density at radius 2 is 0.484 bits per heavy atom. The van der Waals surface area contributed by atoms with E-state index in [1.54, 1.807) is 60.1 Å². The predicted molar refractivity (Wildman–Crippen MR) is 529 cm³/mol. The summed E-state index contributed by atoms with van der Waals surface area (Å²) in [5.74, 6) is 10.1. The number of hydrogen-bond donors (Lipinski definition) is 0. The molecule has 0 aliphatic carbocycles. The molecule has 10 rings (SSSR count). The van der Waals surface area contributed by atoms with Gasteiger partial charge in [0.05, 0.1) is 22.6 Å². The molecule has 0 bridgehead atoms. The molecule has 10 aromatic rings. The number of aromatic nitrogens is 7. The first kappa shape index (κ1) is 112. The van der Waals surface area contributed by atoms with Crippen molar-refractivity contribution in [1.29, 1.82) is 0 Å². The fraction of sp³-hybridized carbons (Fsp3) is 0.541. The third-order valence-corrected chi connectivity index (χ3v) is 22.1. The van der Waals surface area contributed by atoms with Crippen LogP contribution >= 0.6 is 11.3 Å². The van der Waals surface area contributed by atoms with Crippen LogP contribution in [0.1, 0.15) is 507 Å². The molecule has 7 nitrogen and oxygen atoms in total. The second-order valence-electron chi connectivity index (χ2n) is 38.4. The molecule has 0 N–H and O–H groups in total. The van der Waals surface area contributed by atoms with Gasteiger partial charge in [0.2, 0.25) is 0 Å². The minimum absolute atomic E-state index is 0.0683. The molecule has 122 heavy (non-hydrogen) atoms. The van der Waals surface area contributed by atoms with Crippen LogP contribution in [0, 0.1) is 17.5 Å². The van der Waals surface area contributed by atoms with Crippen molar-refractivity contribution in [1.82, 2.24) is 34.9 Å². The van der Waals surface area contributed by atoms with E-state index in [-0.39, 0.29) is 23.4 Å². The third-order valence-electron chi connectivity index (χ3n) is 21.0. The number of thiazole rings is 1. The van der Waals surface area contributed by atoms with Crippen molar-refractivity contribution in [3.8, 4) is 0 Å². The highest BCUT2D eigenvalue weighted by Gasteiger charge is 2.19. The number of pyridine rings is 4. The lowest BCUT2D eigenvalue weighted by Crippen LogP contribution is -2.03. The number of rotatable bonds is 20. The monoisotopic (exact) mass is 1690 g/mol. The Hall–Kier alpha value is -8.02. The lowest BCUT2D eigenvalue weighted by Gasteiger charge is -2.16. The Bertz CT molecular complexity index is 3800. The summed E-state index contributed by atoms with van der Waals surface area (Å²) in [6.45, 7) is 87.0. The molecule has 674 valence electrons. The van der Waals surface area contributed by atoms with Gasteiger partial charge < -0.3 is 0 Å². The van der Waals surface area contributed by atoms with Crippen molar-refractivity contribution in [3.63, 3.8) is 0 Å². The third kappa shape index (κ3) is 39.0. The predicted octanol–water partition coefficient (Wildman–Crippen LogP) is 35.6. The zero-order chi connectivity index (χ0) is 93.3. The summed E-state index contributed by atoms with van der Waals surface area (Å²) in [5, 5.41) is 0. The van der Waals surface area contributed by atoms with Gasteiger partial charge in [-0.3, -0.25) is 29.9 Å². The maximum absolute atomic E-state index is 13.5. The highest BCUT2D eigenvalue weighted by Crippen LogP contribution is 2.34. The normalized spacial score (nSPS) is 11.2. The van der Waals surface area contributed by atoms with Crippen molar-refractivity contribution >= 4 is 11.3 Å². The van der Waals surface area contributed by atoms with Crippen LogP contribution in [-0.4, -0.2) is 34.9 Å². The molecule has 0 spiro atoms. The topological polar surface area (TPSA) is 90.2 Å². The van der Waals surface area contributed by atoms with Crippen LogP contribution in [0.25, 0.3) is 0 Å². The molecule has 0 amide bonds. The summed E-state index contributed by atoms with van der Waals surface area (Å²) in [6.07, 6.45) is 15.0. The summed E-state index contributed by atoms with van der Waals surface area (Å²) in [6, 6.07) is 36.9. The van der Waals surface area contributed by atoms with Gasteiger partial charge in [-0.1, -0.05) is 338 Å². The smallest absolute Gasteiger partial charge is 0.126 e. The van der Waals surface area contributed by atoms with Crippen LogP contribution in [0.2, 0.25) is 0 Å². The van der Waals surface area contributed by atoms with Crippen molar-refractivity contribution in [2.75, 3.05) is 0 Å². The van der Waals surface area contributed by atoms with Gasteiger partial charge in [0.25, 0.3) is 0 Å². The summed E-state index contributed by atoms with van der Waals surface area (Å²) in [4.78, 5) is 31.6. The van der Waals surface area contributed by atoms with Gasteiger partial charge in [0, 0.05) is 65.8 Å². The molecule has 11 heteroatoms. The van der Waals surface area contributed by atoms with Crippen molar-refractivity contribution in [3.05, 3.63) is 299 Å². The molecular weight excluding hydrogens is 1520 g/mol. The Morgan fingerprint density at radius 3 is 0.738 bits per heavy atom. The SMILES string of the molecule is CC(C)c1ccc(F)cc1C(C)C.CC(C)c1ccc(F)cc1C(C)C.CC(C)c1cccc(F)c1C(C)C.CC(C)c1ccccc1C(C)C.CC(C)c1cccnc1C(C)C.CC(C)c1cccnc1C(C)C.CC(C)c1ccncc1C(C)C.CC(C)c1ccncc1C(C)C.CC(C)c1nccnc1C(C)C.CC(C)c1ncsc1C(C)C. The molecule has 0 atom stereocenters. The second-order valence-corrected chi connectivity index (χ2v) is 39.3. The van der Waals surface area contributed by atoms with E-state index < -0.39 is 0 Å². The van der Waals surface area contributed by atoms with E-state index in [1.165, 1.54) is 77.6 Å². The summed E-state index contributed by atoms with van der Waals surface area (Å²) in [5.41, 5.74) is 26.2. The Labute approximate surface area is 749 Å². The lowest BCUT2D eigenvalue weighted by molar-refractivity contribution is 0.589. The molecule has 4 aromatic carbocycles. The average Bonchev–Trinajstić information content (AvgIpc) is 1.02. The first-order valence-electron chi connectivity index (χ1n) is 45.9. The standard InChI is InChI=1S/3C12H17F.C12H18.4C11H17N.C10H16N2.C9H15NS/c2*1-8(2)11-6-5-10(13)7-12(11)9(3)4;1-8(2)10-6-5-7-11(13)12(10)9(3)4;1-9(2)11-7-5-6-8-12(11)10(3)4;2*1-8(2)10-5-6-12-7-11(10)9(3)4;2*1-8(2)10-6-5-7-12-11(10)9(3)4;1-7(2)9-10(8(3)4)12-6-5-11-9;1-6(2)8-9(7(3)4)11-5-10-8/h3*5-9H,1-4H3;5-10H,1-4H3;4*5-9H,1-4H3;5-8H,1-4H3;5-7H,1-4H3. The molecule has 0 saturated heterocycles. The molecule has 0 aliphatic heterocycles. The summed E-state index contributed by atoms with van der Waals surface area (Å²) < 4.78 is 39.4. The van der Waals surface area contributed by atoms with Crippen LogP contribution in [0.3, 0.4) is 0 Å². The zero-order valence-electron chi connectivity index (χ0n) is 83.9. The Morgan fingerprint density at radius 1 is 0.205 bits per heavy atom. The van der Waals surface area contributed by atoms with Crippen LogP contribution in [0.4, 0.5) is 13.2 Å². The molecule has 0 unspecified atom stereocenters. The second kappa shape index (κ2) is 57.5. The molecule has 0 fully saturated rings. The van der Waals surface area contributed by atoms with E-state index in [0.717, 1.165) is 33.6 Å². The van der Waals surface area contributed by atoms with Gasteiger partial charge in [0.15, 0.2) is 0 Å². The van der Waals surface area contributed by atoms with Crippen LogP contribution in [-0.2, 0) is 0 Å². The minimum Gasteiger partial charge on any atom is -0.264 e. The van der Waals surface area contributed by atoms with Crippen LogP contribution in [0.5, 0.6) is 0 Å². The molecule has 6 aromatic heterocycles. The van der Waals surface area contributed by atoms with Crippen molar-refractivity contribution < 1.29 is 13.2 Å². The highest BCUT2D eigenvalue weighted by molar-refractivity contribution is 7.09. The first-order valence-corrected chi connectivity index (χ1v) is 46.8. The van der Waals surface area contributed by atoms with Gasteiger partial charge in [-0.05, 0) is 251 Å². The molecule has 0 saturated carbocycles. The fourth-order valence-electron chi connectivity index (χ4n) is 14.4. The van der Waals surface area contributed by atoms with E-state index in [2.05, 4.69) is 347 Å². The lowest BCUT2D eigenvalue weighted by atomic mass is 9.90. The molecule has 6 heterocycles. The van der Waals surface area contributed by atoms with Crippen LogP contribution < -0.4 is 0 Å². The number of hydrogen-bond acceptors (Lipinski definition) is 8. The maximum atomic E-state index is 13.5. The molecule has 0 radical (unpaired) electrons. The van der Waals surface area contributed by atoms with Gasteiger partial charge in [-0.2, -0.15) is 0 Å². The van der Waals surface area contributed by atoms with Gasteiger partial charge in [-0.15, -0.1) is 11.3 Å². The van der Waals surface area contributed by atoms with Crippen LogP contribution in [0.15, 0.2) is 170 Å². The molecule has 0 aliphatic rings.